The molecule has 1 aliphatic carbocycles. The Morgan fingerprint density at radius 3 is 2.93 bits per heavy atom. The van der Waals surface area contributed by atoms with Crippen LogP contribution >= 0.6 is 0 Å². The Labute approximate surface area is 84.9 Å². The van der Waals surface area contributed by atoms with Gasteiger partial charge in [0.25, 0.3) is 0 Å². The second kappa shape index (κ2) is 4.98. The van der Waals surface area contributed by atoms with Crippen molar-refractivity contribution in [2.75, 3.05) is 0 Å². The molecule has 1 aliphatic rings. The third-order valence-electron chi connectivity index (χ3n) is 3.01. The van der Waals surface area contributed by atoms with Crippen LogP contribution in [0.25, 0.3) is 0 Å². The molecular weight excluding hydrogens is 178 g/mol. The molecule has 0 saturated heterocycles. The molecule has 0 aromatic heterocycles. The van der Waals surface area contributed by atoms with Crippen molar-refractivity contribution in [1.82, 2.24) is 5.43 Å². The molecule has 0 spiro atoms. The molecule has 1 fully saturated rings. The Morgan fingerprint density at radius 2 is 2.43 bits per heavy atom. The fourth-order valence-corrected chi connectivity index (χ4v) is 2.12. The summed E-state index contributed by atoms with van der Waals surface area (Å²) in [5.41, 5.74) is 8.31. The number of carbonyl (C=O) groups excluding carboxylic acids is 1. The standard InChI is InChI=1S/C10H19N3O/c1-3-8-4-5-9(6-7(8)2)12-13-10(11)14/h7-8H,3-6H2,1-2H3,(H3,11,13,14)/b12-9-/t7-,8-/m1/s1. The molecule has 1 saturated carbocycles. The van der Waals surface area contributed by atoms with Crippen LogP contribution in [0, 0.1) is 11.8 Å². The summed E-state index contributed by atoms with van der Waals surface area (Å²) in [6, 6.07) is -0.581. The van der Waals surface area contributed by atoms with Gasteiger partial charge in [0.2, 0.25) is 0 Å². The van der Waals surface area contributed by atoms with Crippen molar-refractivity contribution in [3.8, 4) is 0 Å². The number of primary amides is 1. The molecule has 80 valence electrons. The highest BCUT2D eigenvalue weighted by atomic mass is 16.2. The first-order chi connectivity index (χ1) is 6.63. The lowest BCUT2D eigenvalue weighted by atomic mass is 9.78. The summed E-state index contributed by atoms with van der Waals surface area (Å²) in [6.45, 7) is 4.47. The number of hydrogen-bond acceptors (Lipinski definition) is 2. The predicted octanol–water partition coefficient (Wildman–Crippen LogP) is 1.86. The average Bonchev–Trinajstić information content (AvgIpc) is 2.15. The van der Waals surface area contributed by atoms with Crippen LogP contribution in [0.3, 0.4) is 0 Å². The quantitative estimate of drug-likeness (QED) is 0.652. The summed E-state index contributed by atoms with van der Waals surface area (Å²) in [4.78, 5) is 10.4. The first-order valence-corrected chi connectivity index (χ1v) is 5.24. The summed E-state index contributed by atoms with van der Waals surface area (Å²) in [5, 5.41) is 3.99. The zero-order valence-electron chi connectivity index (χ0n) is 8.92. The fraction of sp³-hybridized carbons (Fsp3) is 0.800. The van der Waals surface area contributed by atoms with Crippen LogP contribution in [0.2, 0.25) is 0 Å². The lowest BCUT2D eigenvalue weighted by molar-refractivity contribution is 0.249. The highest BCUT2D eigenvalue weighted by Gasteiger charge is 2.23. The van der Waals surface area contributed by atoms with Crippen molar-refractivity contribution in [3.05, 3.63) is 0 Å². The summed E-state index contributed by atoms with van der Waals surface area (Å²) in [6.07, 6.45) is 4.39. The summed E-state index contributed by atoms with van der Waals surface area (Å²) in [7, 11) is 0. The molecule has 2 amide bonds. The second-order valence-electron chi connectivity index (χ2n) is 4.04. The van der Waals surface area contributed by atoms with Crippen LogP contribution < -0.4 is 11.2 Å². The first kappa shape index (κ1) is 11.0. The number of amides is 2. The van der Waals surface area contributed by atoms with Crippen molar-refractivity contribution in [3.63, 3.8) is 0 Å². The van der Waals surface area contributed by atoms with Crippen LogP contribution in [-0.4, -0.2) is 11.7 Å². The zero-order chi connectivity index (χ0) is 10.6. The van der Waals surface area contributed by atoms with Crippen LogP contribution in [0.1, 0.15) is 39.5 Å². The molecule has 0 bridgehead atoms. The Bertz CT molecular complexity index is 238. The van der Waals surface area contributed by atoms with Gasteiger partial charge in [0, 0.05) is 5.71 Å². The molecule has 0 unspecified atom stereocenters. The van der Waals surface area contributed by atoms with Crippen molar-refractivity contribution >= 4 is 11.7 Å². The van der Waals surface area contributed by atoms with Gasteiger partial charge in [-0.15, -0.1) is 0 Å². The second-order valence-corrected chi connectivity index (χ2v) is 4.04. The lowest BCUT2D eigenvalue weighted by Gasteiger charge is -2.28. The van der Waals surface area contributed by atoms with E-state index in [2.05, 4.69) is 24.4 Å². The van der Waals surface area contributed by atoms with Crippen molar-refractivity contribution in [2.45, 2.75) is 39.5 Å². The van der Waals surface area contributed by atoms with Gasteiger partial charge in [-0.3, -0.25) is 0 Å². The van der Waals surface area contributed by atoms with E-state index < -0.39 is 6.03 Å². The average molecular weight is 197 g/mol. The monoisotopic (exact) mass is 197 g/mol. The number of carbonyl (C=O) groups is 1. The molecule has 0 radical (unpaired) electrons. The maximum absolute atomic E-state index is 10.4. The minimum atomic E-state index is -0.581. The Hall–Kier alpha value is -1.06. The lowest BCUT2D eigenvalue weighted by Crippen LogP contribution is -2.28. The molecule has 4 heteroatoms. The van der Waals surface area contributed by atoms with E-state index in [4.69, 9.17) is 5.73 Å². The number of rotatable bonds is 2. The van der Waals surface area contributed by atoms with E-state index in [1.54, 1.807) is 0 Å². The normalized spacial score (nSPS) is 30.3. The minimum Gasteiger partial charge on any atom is -0.350 e. The molecule has 1 rings (SSSR count). The summed E-state index contributed by atoms with van der Waals surface area (Å²) in [5.74, 6) is 1.48. The first-order valence-electron chi connectivity index (χ1n) is 5.24. The maximum atomic E-state index is 10.4. The van der Waals surface area contributed by atoms with Crippen LogP contribution in [0.5, 0.6) is 0 Å². The molecule has 0 aliphatic heterocycles. The molecule has 4 nitrogen and oxygen atoms in total. The van der Waals surface area contributed by atoms with Crippen LogP contribution in [0.4, 0.5) is 4.79 Å². The Balaban J connectivity index is 2.45. The Morgan fingerprint density at radius 1 is 1.71 bits per heavy atom. The topological polar surface area (TPSA) is 67.5 Å². The van der Waals surface area contributed by atoms with Crippen molar-refractivity contribution in [2.24, 2.45) is 22.7 Å². The zero-order valence-corrected chi connectivity index (χ0v) is 8.92. The van der Waals surface area contributed by atoms with Crippen LogP contribution in [0.15, 0.2) is 5.10 Å². The van der Waals surface area contributed by atoms with E-state index in [1.165, 1.54) is 12.8 Å². The number of hydrogen-bond donors (Lipinski definition) is 2. The summed E-state index contributed by atoms with van der Waals surface area (Å²) >= 11 is 0. The third-order valence-corrected chi connectivity index (χ3v) is 3.01. The Kier molecular flexibility index (Phi) is 3.92. The van der Waals surface area contributed by atoms with Crippen LogP contribution in [-0.2, 0) is 0 Å². The molecule has 14 heavy (non-hydrogen) atoms. The largest absolute Gasteiger partial charge is 0.350 e. The molecule has 0 aromatic carbocycles. The number of hydrazone groups is 1. The van der Waals surface area contributed by atoms with Gasteiger partial charge in [-0.2, -0.15) is 5.10 Å². The highest BCUT2D eigenvalue weighted by Crippen LogP contribution is 2.30. The van der Waals surface area contributed by atoms with Crippen molar-refractivity contribution < 1.29 is 4.79 Å². The number of nitrogens with zero attached hydrogens (tertiary/aromatic N) is 1. The number of urea groups is 1. The van der Waals surface area contributed by atoms with Gasteiger partial charge in [-0.1, -0.05) is 20.3 Å². The number of nitrogens with one attached hydrogen (secondary N) is 1. The fourth-order valence-electron chi connectivity index (χ4n) is 2.12. The highest BCUT2D eigenvalue weighted by molar-refractivity contribution is 5.86. The predicted molar refractivity (Wildman–Crippen MR) is 57.0 cm³/mol. The SMILES string of the molecule is CC[C@@H]1CC/C(=N/NC(N)=O)C[C@H]1C. The van der Waals surface area contributed by atoms with Gasteiger partial charge in [-0.05, 0) is 31.1 Å². The van der Waals surface area contributed by atoms with E-state index in [9.17, 15) is 4.79 Å². The molecule has 0 heterocycles. The van der Waals surface area contributed by atoms with E-state index in [0.29, 0.717) is 5.92 Å². The van der Waals surface area contributed by atoms with E-state index in [1.807, 2.05) is 0 Å². The van der Waals surface area contributed by atoms with Crippen molar-refractivity contribution in [1.29, 1.82) is 0 Å². The summed E-state index contributed by atoms with van der Waals surface area (Å²) < 4.78 is 0. The molecule has 3 N–H and O–H groups in total. The van der Waals surface area contributed by atoms with E-state index in [0.717, 1.165) is 24.5 Å². The van der Waals surface area contributed by atoms with Gasteiger partial charge >= 0.3 is 6.03 Å². The van der Waals surface area contributed by atoms with E-state index in [-0.39, 0.29) is 0 Å². The van der Waals surface area contributed by atoms with Gasteiger partial charge in [-0.25, -0.2) is 10.2 Å². The molecular formula is C10H19N3O. The van der Waals surface area contributed by atoms with Gasteiger partial charge in [0.15, 0.2) is 0 Å². The van der Waals surface area contributed by atoms with Gasteiger partial charge in [0.1, 0.15) is 0 Å². The number of nitrogens with two attached hydrogens (primary N) is 1. The third kappa shape index (κ3) is 3.01. The molecule has 2 atom stereocenters. The maximum Gasteiger partial charge on any atom is 0.332 e. The van der Waals surface area contributed by atoms with Gasteiger partial charge in [0.05, 0.1) is 0 Å². The molecule has 0 aromatic rings. The van der Waals surface area contributed by atoms with E-state index >= 15 is 0 Å². The smallest absolute Gasteiger partial charge is 0.332 e. The minimum absolute atomic E-state index is 0.581. The van der Waals surface area contributed by atoms with Gasteiger partial charge < -0.3 is 5.73 Å².